The van der Waals surface area contributed by atoms with Gasteiger partial charge in [0.15, 0.2) is 0 Å². The van der Waals surface area contributed by atoms with Crippen LogP contribution in [0.4, 0.5) is 17.1 Å². The number of nitrogens with one attached hydrogen (secondary N) is 3. The third-order valence-electron chi connectivity index (χ3n) is 12.8. The maximum atomic E-state index is 13.9. The molecule has 3 aromatic carbocycles. The summed E-state index contributed by atoms with van der Waals surface area (Å²) in [6.45, 7) is 17.3. The van der Waals surface area contributed by atoms with Crippen molar-refractivity contribution < 1.29 is 33.5 Å². The van der Waals surface area contributed by atoms with Crippen molar-refractivity contribution in [3.63, 3.8) is 0 Å². The molecular weight excluding hydrogens is 853 g/mol. The highest BCUT2D eigenvalue weighted by Crippen LogP contribution is 2.40. The number of hydrogen-bond donors (Lipinski definition) is 3. The third-order valence-corrected chi connectivity index (χ3v) is 12.8. The second kappa shape index (κ2) is 26.6. The Morgan fingerprint density at radius 3 is 1.52 bits per heavy atom. The highest BCUT2D eigenvalue weighted by Gasteiger charge is 2.38. The van der Waals surface area contributed by atoms with Crippen molar-refractivity contribution in [3.8, 4) is 11.5 Å². The molecule has 16 heteroatoms. The topological polar surface area (TPSA) is 163 Å². The minimum absolute atomic E-state index is 0.134. The highest BCUT2D eigenvalue weighted by molar-refractivity contribution is 6.00. The molecule has 0 bridgehead atoms. The van der Waals surface area contributed by atoms with E-state index in [0.717, 1.165) is 140 Å². The Morgan fingerprint density at radius 1 is 0.627 bits per heavy atom. The number of methoxy groups -OCH3 is 2. The van der Waals surface area contributed by atoms with Crippen molar-refractivity contribution in [1.29, 1.82) is 0 Å². The van der Waals surface area contributed by atoms with Crippen molar-refractivity contribution in [1.82, 2.24) is 25.8 Å². The van der Waals surface area contributed by atoms with Crippen molar-refractivity contribution in [2.45, 2.75) is 58.3 Å². The summed E-state index contributed by atoms with van der Waals surface area (Å²) < 4.78 is 22.7. The molecule has 6 rings (SSSR count). The van der Waals surface area contributed by atoms with E-state index in [1.54, 1.807) is 40.2 Å². The predicted octanol–water partition coefficient (Wildman–Crippen LogP) is 6.10. The molecule has 3 aliphatic heterocycles. The molecule has 0 aliphatic carbocycles. The van der Waals surface area contributed by atoms with Gasteiger partial charge in [0.25, 0.3) is 5.69 Å². The van der Waals surface area contributed by atoms with Gasteiger partial charge < -0.3 is 44.7 Å². The van der Waals surface area contributed by atoms with E-state index in [4.69, 9.17) is 18.9 Å². The number of hydrogen-bond acceptors (Lipinski definition) is 15. The Labute approximate surface area is 396 Å². The summed E-state index contributed by atoms with van der Waals surface area (Å²) in [6.07, 6.45) is 5.06. The number of unbranched alkanes of at least 4 members (excludes halogenated alkanes) is 2. The predicted molar refractivity (Wildman–Crippen MR) is 263 cm³/mol. The number of nitrogens with zero attached hydrogens (tertiary/aromatic N) is 5. The van der Waals surface area contributed by atoms with Crippen molar-refractivity contribution in [3.05, 3.63) is 111 Å². The first-order chi connectivity index (χ1) is 32.7. The van der Waals surface area contributed by atoms with Crippen LogP contribution in [0.25, 0.3) is 0 Å². The van der Waals surface area contributed by atoms with Crippen LogP contribution in [-0.2, 0) is 19.1 Å². The van der Waals surface area contributed by atoms with Crippen molar-refractivity contribution in [2.24, 2.45) is 0 Å². The number of para-hydroxylation sites is 4. The molecule has 2 saturated heterocycles. The molecular formula is C51H72N8O8. The van der Waals surface area contributed by atoms with Crippen LogP contribution in [0.2, 0.25) is 0 Å². The molecule has 0 atom stereocenters. The number of non-ortho nitro benzene ring substituents is 1. The molecule has 0 amide bonds. The first kappa shape index (κ1) is 50.7. The fraction of sp³-hybridized carbons (Fsp3) is 0.529. The fourth-order valence-electron chi connectivity index (χ4n) is 9.19. The lowest BCUT2D eigenvalue weighted by molar-refractivity contribution is -0.384. The fourth-order valence-corrected chi connectivity index (χ4v) is 9.19. The zero-order chi connectivity index (χ0) is 47.4. The molecule has 2 fully saturated rings. The SMILES string of the molecule is COc1ccccc1N1CCN(CCCNCCCCOC(=O)C2=C(C)NC(C)=C(C(=O)OCCCCNCCCN3CCN(c4ccccc4OC)CC3)C2c2cccc([N+](=O)[O-])c2)CC1. The molecule has 3 aromatic rings. The summed E-state index contributed by atoms with van der Waals surface area (Å²) in [6, 6.07) is 22.4. The zero-order valence-electron chi connectivity index (χ0n) is 40.1. The number of nitro groups is 1. The number of nitro benzene ring substituents is 1. The molecule has 0 spiro atoms. The van der Waals surface area contributed by atoms with Crippen LogP contribution in [0.3, 0.4) is 0 Å². The number of carbonyl (C=O) groups is 2. The monoisotopic (exact) mass is 925 g/mol. The second-order valence-electron chi connectivity index (χ2n) is 17.4. The van der Waals surface area contributed by atoms with Crippen molar-refractivity contribution >= 4 is 29.0 Å². The number of carbonyl (C=O) groups excluding carboxylic acids is 2. The summed E-state index contributed by atoms with van der Waals surface area (Å²) in [5.41, 5.74) is 4.14. The summed E-state index contributed by atoms with van der Waals surface area (Å²) in [5.74, 6) is -0.219. The summed E-state index contributed by atoms with van der Waals surface area (Å²) in [4.78, 5) is 48.8. The number of ether oxygens (including phenoxy) is 4. The van der Waals surface area contributed by atoms with Crippen LogP contribution in [0.5, 0.6) is 11.5 Å². The lowest BCUT2D eigenvalue weighted by atomic mass is 9.80. The van der Waals surface area contributed by atoms with Gasteiger partial charge in [-0.3, -0.25) is 19.9 Å². The Bertz CT molecular complexity index is 2010. The molecule has 3 aliphatic rings. The molecule has 364 valence electrons. The van der Waals surface area contributed by atoms with Crippen LogP contribution in [-0.4, -0.2) is 146 Å². The van der Waals surface area contributed by atoms with Crippen LogP contribution < -0.4 is 35.2 Å². The van der Waals surface area contributed by atoms with Crippen molar-refractivity contribution in [2.75, 3.05) is 129 Å². The van der Waals surface area contributed by atoms with Crippen LogP contribution in [0, 0.1) is 10.1 Å². The quantitative estimate of drug-likeness (QED) is 0.0366. The molecule has 3 N–H and O–H groups in total. The summed E-state index contributed by atoms with van der Waals surface area (Å²) >= 11 is 0. The smallest absolute Gasteiger partial charge is 0.336 e. The summed E-state index contributed by atoms with van der Waals surface area (Å²) in [5, 5.41) is 22.1. The molecule has 0 radical (unpaired) electrons. The first-order valence-electron chi connectivity index (χ1n) is 24.1. The van der Waals surface area contributed by atoms with E-state index in [-0.39, 0.29) is 30.0 Å². The normalized spacial score (nSPS) is 16.2. The van der Waals surface area contributed by atoms with E-state index >= 15 is 0 Å². The van der Waals surface area contributed by atoms with Gasteiger partial charge >= 0.3 is 11.9 Å². The minimum Gasteiger partial charge on any atom is -0.495 e. The van der Waals surface area contributed by atoms with Crippen LogP contribution in [0.1, 0.15) is 63.9 Å². The van der Waals surface area contributed by atoms with Gasteiger partial charge in [-0.25, -0.2) is 9.59 Å². The Morgan fingerprint density at radius 2 is 1.07 bits per heavy atom. The largest absolute Gasteiger partial charge is 0.495 e. The average molecular weight is 925 g/mol. The van der Waals surface area contributed by atoms with E-state index in [9.17, 15) is 19.7 Å². The maximum Gasteiger partial charge on any atom is 0.336 e. The van der Waals surface area contributed by atoms with E-state index in [2.05, 4.69) is 59.8 Å². The number of piperazine rings is 2. The van der Waals surface area contributed by atoms with Crippen LogP contribution in [0.15, 0.2) is 95.3 Å². The zero-order valence-corrected chi connectivity index (χ0v) is 40.1. The number of dihydropyridines is 1. The average Bonchev–Trinajstić information content (AvgIpc) is 3.35. The Hall–Kier alpha value is -5.68. The van der Waals surface area contributed by atoms with Gasteiger partial charge in [0.2, 0.25) is 0 Å². The first-order valence-corrected chi connectivity index (χ1v) is 24.1. The van der Waals surface area contributed by atoms with E-state index in [0.29, 0.717) is 29.8 Å². The number of anilines is 2. The number of benzene rings is 3. The molecule has 3 heterocycles. The minimum atomic E-state index is -0.905. The van der Waals surface area contributed by atoms with E-state index in [1.807, 2.05) is 24.3 Å². The van der Waals surface area contributed by atoms with Crippen LogP contribution >= 0.6 is 0 Å². The van der Waals surface area contributed by atoms with E-state index < -0.39 is 22.8 Å². The third kappa shape index (κ3) is 14.7. The highest BCUT2D eigenvalue weighted by atomic mass is 16.6. The van der Waals surface area contributed by atoms with E-state index in [1.165, 1.54) is 12.1 Å². The Kier molecular flexibility index (Phi) is 20.1. The number of rotatable bonds is 26. The van der Waals surface area contributed by atoms with Gasteiger partial charge in [-0.2, -0.15) is 0 Å². The molecule has 16 nitrogen and oxygen atoms in total. The molecule has 0 unspecified atom stereocenters. The Balaban J connectivity index is 0.885. The standard InChI is InChI=1S/C51H72N8O8/c1-39-47(50(60)66-36-11-9-22-52-24-14-26-55-28-32-57(33-29-55)43-18-5-7-20-45(43)64-3)49(41-16-13-17-42(38-41)59(62)63)48(40(2)54-39)51(61)67-37-12-10-23-53-25-15-27-56-30-34-58(35-31-56)44-19-6-8-21-46(44)65-4/h5-8,13,16-21,38,49,52-54H,9-12,14-15,22-37H2,1-4H3. The van der Waals surface area contributed by atoms with Gasteiger partial charge in [0, 0.05) is 75.9 Å². The molecule has 67 heavy (non-hydrogen) atoms. The van der Waals surface area contributed by atoms with Gasteiger partial charge in [-0.05, 0) is 121 Å². The maximum absolute atomic E-state index is 13.9. The number of allylic oxidation sites excluding steroid dienone is 2. The molecule has 0 aromatic heterocycles. The van der Waals surface area contributed by atoms with Gasteiger partial charge in [-0.1, -0.05) is 36.4 Å². The number of esters is 2. The van der Waals surface area contributed by atoms with Gasteiger partial charge in [0.05, 0.1) is 60.8 Å². The summed E-state index contributed by atoms with van der Waals surface area (Å²) in [7, 11) is 3.43. The molecule has 0 saturated carbocycles. The second-order valence-corrected chi connectivity index (χ2v) is 17.4. The van der Waals surface area contributed by atoms with Gasteiger partial charge in [-0.15, -0.1) is 0 Å². The van der Waals surface area contributed by atoms with Gasteiger partial charge in [0.1, 0.15) is 11.5 Å². The lowest BCUT2D eigenvalue weighted by Gasteiger charge is -2.36. The lowest BCUT2D eigenvalue weighted by Crippen LogP contribution is -2.47.